The highest BCUT2D eigenvalue weighted by Gasteiger charge is 2.41. The van der Waals surface area contributed by atoms with Gasteiger partial charge in [0.25, 0.3) is 0 Å². The van der Waals surface area contributed by atoms with Crippen LogP contribution in [0.1, 0.15) is 154 Å². The molecule has 5 heterocycles. The Hall–Kier alpha value is -11.6. The molecule has 2 saturated heterocycles. The summed E-state index contributed by atoms with van der Waals surface area (Å²) in [6, 6.07) is -1.15. The van der Waals surface area contributed by atoms with E-state index in [-0.39, 0.29) is 63.8 Å². The van der Waals surface area contributed by atoms with Crippen LogP contribution < -0.4 is 69.5 Å². The number of carbonyl (C=O) groups is 15. The van der Waals surface area contributed by atoms with Gasteiger partial charge in [-0.05, 0) is 85.8 Å². The number of amides is 14. The van der Waals surface area contributed by atoms with Gasteiger partial charge in [-0.3, -0.25) is 62.3 Å². The summed E-state index contributed by atoms with van der Waals surface area (Å²) in [6.45, 7) is 5.40. The van der Waals surface area contributed by atoms with Crippen LogP contribution in [0, 0.1) is 11.8 Å². The number of cyclic esters (lactones) is 1. The zero-order valence-electron chi connectivity index (χ0n) is 63.3. The first-order valence-electron chi connectivity index (χ1n) is 37.8. The van der Waals surface area contributed by atoms with Crippen molar-refractivity contribution >= 4 is 111 Å². The number of phenolic OH excluding ortho intramolecular Hbond substituents is 1. The first-order chi connectivity index (χ1) is 53.1. The van der Waals surface area contributed by atoms with Crippen molar-refractivity contribution in [1.29, 1.82) is 0 Å². The molecule has 9 atom stereocenters. The summed E-state index contributed by atoms with van der Waals surface area (Å²) in [6.07, 6.45) is 11.1. The van der Waals surface area contributed by atoms with Crippen molar-refractivity contribution in [3.05, 3.63) is 84.2 Å². The average molecular weight is 1550 g/mol. The molecule has 36 heteroatoms. The quantitative estimate of drug-likeness (QED) is 0.0294. The van der Waals surface area contributed by atoms with E-state index in [2.05, 4.69) is 90.7 Å². The van der Waals surface area contributed by atoms with Crippen molar-refractivity contribution in [3.8, 4) is 5.75 Å². The van der Waals surface area contributed by atoms with Gasteiger partial charge in [-0.2, -0.15) is 0 Å². The molecule has 2 aromatic carbocycles. The van der Waals surface area contributed by atoms with E-state index in [1.165, 1.54) is 35.8 Å². The predicted molar refractivity (Wildman–Crippen MR) is 403 cm³/mol. The Labute approximate surface area is 641 Å². The monoisotopic (exact) mass is 1550 g/mol. The Kier molecular flexibility index (Phi) is 34.0. The van der Waals surface area contributed by atoms with E-state index >= 15 is 0 Å². The molecule has 9 unspecified atom stereocenters. The number of primary amides is 1. The molecule has 0 radical (unpaired) electrons. The van der Waals surface area contributed by atoms with E-state index < -0.39 is 194 Å². The van der Waals surface area contributed by atoms with Gasteiger partial charge in [0, 0.05) is 78.4 Å². The van der Waals surface area contributed by atoms with Crippen LogP contribution >= 0.6 is 0 Å². The number of nitrogens with two attached hydrogens (primary N) is 1. The zero-order valence-corrected chi connectivity index (χ0v) is 63.3. The molecule has 0 spiro atoms. The second-order valence-electron chi connectivity index (χ2n) is 28.6. The van der Waals surface area contributed by atoms with Crippen LogP contribution in [-0.4, -0.2) is 218 Å². The number of carbonyl (C=O) groups excluding carboxylic acids is 14. The van der Waals surface area contributed by atoms with Crippen LogP contribution in [0.3, 0.4) is 0 Å². The fraction of sp³-hybridized carbons (Fsp3) is 0.547. The van der Waals surface area contributed by atoms with Crippen LogP contribution in [-0.2, 0) is 91.1 Å². The van der Waals surface area contributed by atoms with Gasteiger partial charge in [-0.25, -0.2) is 14.6 Å². The Bertz CT molecular complexity index is 4060. The van der Waals surface area contributed by atoms with Crippen molar-refractivity contribution < 1.29 is 86.9 Å². The van der Waals surface area contributed by atoms with Crippen LogP contribution in [0.25, 0.3) is 21.8 Å². The molecule has 111 heavy (non-hydrogen) atoms. The highest BCUT2D eigenvalue weighted by Crippen LogP contribution is 2.26. The SMILES string of the molecule is CCCCCCCCCCCC1CC(=O)NCC(=O)NC(Cc2cnc[nH]2)C(=O)NC(C(C)C)C(=O)N2CCCC2C(=O)NCC(=O)NC(CCCNC(N)=O)C(=O)NC(Cc2c[nH]c3ccc(O)cc23)C(=O)NCC(=O)NC(Cc2c[nH]c3ccccc23)C(=O)NCC(=O)NC(C(C)C)C(=O)NC(CC(=O)O)C(=O)O1. The van der Waals surface area contributed by atoms with Gasteiger partial charge in [0.2, 0.25) is 70.9 Å². The number of hydrogen-bond donors (Lipinski definition) is 18. The molecule has 0 saturated carbocycles. The second kappa shape index (κ2) is 43.5. The topological polar surface area (TPSA) is 540 Å². The normalized spacial score (nSPS) is 22.3. The molecule has 3 aromatic heterocycles. The lowest BCUT2D eigenvalue weighted by atomic mass is 10.0. The zero-order chi connectivity index (χ0) is 80.7. The number of urea groups is 1. The number of para-hydroxylation sites is 1. The molecule has 5 aromatic rings. The number of aliphatic carboxylic acids is 1. The van der Waals surface area contributed by atoms with E-state index in [9.17, 15) is 82.1 Å². The number of phenols is 1. The van der Waals surface area contributed by atoms with Crippen LogP contribution in [0.15, 0.2) is 67.4 Å². The largest absolute Gasteiger partial charge is 0.508 e. The van der Waals surface area contributed by atoms with Gasteiger partial charge in [-0.1, -0.05) is 104 Å². The first-order valence-corrected chi connectivity index (χ1v) is 37.8. The molecule has 2 aliphatic rings. The third kappa shape index (κ3) is 27.8. The third-order valence-electron chi connectivity index (χ3n) is 19.2. The van der Waals surface area contributed by atoms with Crippen molar-refractivity contribution in [2.24, 2.45) is 17.6 Å². The minimum absolute atomic E-state index is 0.0248. The number of nitrogens with zero attached hydrogens (tertiary/aromatic N) is 2. The summed E-state index contributed by atoms with van der Waals surface area (Å²) in [5, 5.41) is 52.2. The smallest absolute Gasteiger partial charge is 0.329 e. The van der Waals surface area contributed by atoms with Crippen LogP contribution in [0.4, 0.5) is 4.79 Å². The van der Waals surface area contributed by atoms with Crippen molar-refractivity contribution in [2.45, 2.75) is 211 Å². The number of aromatic amines is 3. The number of nitrogens with one attached hydrogen (secondary N) is 15. The van der Waals surface area contributed by atoms with Crippen LogP contribution in [0.2, 0.25) is 0 Å². The number of imidazole rings is 1. The maximum absolute atomic E-state index is 14.6. The summed E-state index contributed by atoms with van der Waals surface area (Å²) >= 11 is 0. The fourth-order valence-corrected chi connectivity index (χ4v) is 13.2. The number of fused-ring (bicyclic) bond motifs is 3. The van der Waals surface area contributed by atoms with E-state index in [0.29, 0.717) is 57.9 Å². The van der Waals surface area contributed by atoms with Gasteiger partial charge in [0.1, 0.15) is 60.2 Å². The third-order valence-corrected chi connectivity index (χ3v) is 19.2. The summed E-state index contributed by atoms with van der Waals surface area (Å²) in [7, 11) is 0. The van der Waals surface area contributed by atoms with Gasteiger partial charge in [0.15, 0.2) is 0 Å². The lowest BCUT2D eigenvalue weighted by molar-refractivity contribution is -0.157. The fourth-order valence-electron chi connectivity index (χ4n) is 13.2. The van der Waals surface area contributed by atoms with Gasteiger partial charge >= 0.3 is 18.0 Å². The number of unbranched alkanes of at least 4 members (excludes halogenated alkanes) is 8. The Morgan fingerprint density at radius 1 is 0.568 bits per heavy atom. The maximum Gasteiger partial charge on any atom is 0.329 e. The Balaban J connectivity index is 1.19. The molecule has 14 amide bonds. The number of aromatic nitrogens is 4. The van der Waals surface area contributed by atoms with E-state index in [0.717, 1.165) is 44.9 Å². The number of carboxylic acids is 1. The molecule has 0 aliphatic carbocycles. The van der Waals surface area contributed by atoms with E-state index in [4.69, 9.17) is 10.5 Å². The van der Waals surface area contributed by atoms with E-state index in [1.807, 2.05) is 0 Å². The molecular weight excluding hydrogens is 1440 g/mol. The number of carboxylic acid groups (broad SMARTS) is 1. The molecule has 7 rings (SSSR count). The Morgan fingerprint density at radius 2 is 1.12 bits per heavy atom. The number of benzene rings is 2. The molecule has 2 fully saturated rings. The lowest BCUT2D eigenvalue weighted by Crippen LogP contribution is -2.59. The van der Waals surface area contributed by atoms with Crippen molar-refractivity contribution in [2.75, 3.05) is 39.3 Å². The number of rotatable bonds is 24. The van der Waals surface area contributed by atoms with Crippen molar-refractivity contribution in [3.63, 3.8) is 0 Å². The van der Waals surface area contributed by atoms with Gasteiger partial charge < -0.3 is 104 Å². The maximum atomic E-state index is 14.6. The molecule has 0 bridgehead atoms. The minimum atomic E-state index is -1.88. The molecule has 2 aliphatic heterocycles. The number of ether oxygens (including phenoxy) is 1. The number of hydrogen-bond acceptors (Lipinski definition) is 18. The minimum Gasteiger partial charge on any atom is -0.508 e. The van der Waals surface area contributed by atoms with Crippen LogP contribution in [0.5, 0.6) is 5.75 Å². The highest BCUT2D eigenvalue weighted by atomic mass is 16.5. The average Bonchev–Trinajstić information content (AvgIpc) is 1.73. The summed E-state index contributed by atoms with van der Waals surface area (Å²) in [4.78, 5) is 223. The van der Waals surface area contributed by atoms with Gasteiger partial charge in [-0.15, -0.1) is 0 Å². The lowest BCUT2D eigenvalue weighted by Gasteiger charge is -2.31. The number of H-pyrrole nitrogens is 3. The second-order valence-corrected chi connectivity index (χ2v) is 28.6. The summed E-state index contributed by atoms with van der Waals surface area (Å²) < 4.78 is 5.85. The molecule has 604 valence electrons. The molecule has 36 nitrogen and oxygen atoms in total. The molecular formula is C75H106N18O18. The summed E-state index contributed by atoms with van der Waals surface area (Å²) in [5.74, 6) is -14.8. The van der Waals surface area contributed by atoms with E-state index in [1.54, 1.807) is 64.2 Å². The Morgan fingerprint density at radius 3 is 1.73 bits per heavy atom. The number of esters is 1. The first kappa shape index (κ1) is 86.6. The standard InChI is InChI=1S/C75H106N18O18/c1-6-7-8-9-10-11-12-13-14-19-48-32-59(95)81-37-60(96)88-56(30-46-36-77-41-85-46)70(105)92-66(43(4)5)73(108)93-27-18-23-58(93)71(106)84-39-61(97)86-53(22-17-26-78-75(76)110)69(104)89-55(29-45-35-80-52-25-24-47(94)31-50(45)52)68(103)82-38-62(98)87-54(28-44-34-79-51-21-16-15-20-49(44)51)67(102)83-40-63(99)91-65(42(2)3)72(107)90-57(33-64(100)101)74(109)111-48/h15-16,20-21,24-25,31,34-36,41-43,48,53-58,65-66,79-80,94H,6-14,17-19,22-23,26-30,32-33,37-40H2,1-5H3,(H,77,85)(H,81,95)(H,82,103)(H,83,102)(H,84,106)(H,86,97)(H,87,98)(H,88,96)(H,89,104)(H,90,107)(H,91,99)(H,92,105)(H,100,101)(H3,76,78,110). The van der Waals surface area contributed by atoms with Gasteiger partial charge in [0.05, 0.1) is 45.3 Å². The predicted octanol–water partition coefficient (Wildman–Crippen LogP) is 0.427. The highest BCUT2D eigenvalue weighted by molar-refractivity contribution is 6.00. The molecule has 19 N–H and O–H groups in total. The van der Waals surface area contributed by atoms with Crippen molar-refractivity contribution in [1.82, 2.24) is 88.6 Å². The summed E-state index contributed by atoms with van der Waals surface area (Å²) in [5.41, 5.74) is 7.86. The number of aromatic hydroxyl groups is 1.